The van der Waals surface area contributed by atoms with Gasteiger partial charge in [0.1, 0.15) is 12.1 Å². The summed E-state index contributed by atoms with van der Waals surface area (Å²) in [5, 5.41) is 0. The van der Waals surface area contributed by atoms with E-state index < -0.39 is 5.41 Å². The molecular weight excluding hydrogens is 344 g/mol. The summed E-state index contributed by atoms with van der Waals surface area (Å²) in [6, 6.07) is 8.16. The number of amides is 1. The van der Waals surface area contributed by atoms with Crippen LogP contribution in [0.4, 0.5) is 17.2 Å². The number of ether oxygens (including phenoxy) is 2. The molecule has 2 fully saturated rings. The maximum Gasteiger partial charge on any atom is 0.243 e. The number of morpholine rings is 1. The molecule has 3 aliphatic heterocycles. The van der Waals surface area contributed by atoms with Gasteiger partial charge in [0.15, 0.2) is 0 Å². The number of hydrogen-bond donors (Lipinski definition) is 0. The number of nitrogens with zero attached hydrogens (tertiary/aromatic N) is 4. The van der Waals surface area contributed by atoms with E-state index in [1.807, 2.05) is 12.1 Å². The quantitative estimate of drug-likeness (QED) is 0.810. The second kappa shape index (κ2) is 6.58. The maximum atomic E-state index is 13.5. The van der Waals surface area contributed by atoms with Gasteiger partial charge in [0.25, 0.3) is 0 Å². The van der Waals surface area contributed by atoms with E-state index in [0.29, 0.717) is 31.9 Å². The minimum absolute atomic E-state index is 0.0837. The second-order valence-electron chi connectivity index (χ2n) is 7.21. The molecule has 0 unspecified atom stereocenters. The average Bonchev–Trinajstić information content (AvgIpc) is 2.98. The molecule has 0 atom stereocenters. The van der Waals surface area contributed by atoms with Gasteiger partial charge < -0.3 is 14.4 Å². The molecule has 2 aromatic rings. The third kappa shape index (κ3) is 2.61. The number of carbonyl (C=O) groups excluding carboxylic acids is 1. The second-order valence-corrected chi connectivity index (χ2v) is 7.21. The summed E-state index contributed by atoms with van der Waals surface area (Å²) in [6.07, 6.45) is 4.66. The van der Waals surface area contributed by atoms with E-state index >= 15 is 0 Å². The van der Waals surface area contributed by atoms with E-state index in [1.54, 1.807) is 11.1 Å². The zero-order valence-corrected chi connectivity index (χ0v) is 15.1. The highest BCUT2D eigenvalue weighted by Crippen LogP contribution is 2.49. The first-order valence-electron chi connectivity index (χ1n) is 9.45. The lowest BCUT2D eigenvalue weighted by Gasteiger charge is -2.32. The van der Waals surface area contributed by atoms with Crippen molar-refractivity contribution in [3.63, 3.8) is 0 Å². The fraction of sp³-hybridized carbons (Fsp3) is 0.450. The van der Waals surface area contributed by atoms with Crippen molar-refractivity contribution in [2.75, 3.05) is 49.3 Å². The third-order valence-electron chi connectivity index (χ3n) is 5.86. The van der Waals surface area contributed by atoms with E-state index in [9.17, 15) is 4.79 Å². The molecule has 0 saturated carbocycles. The molecule has 5 rings (SSSR count). The first kappa shape index (κ1) is 16.6. The van der Waals surface area contributed by atoms with Crippen LogP contribution in [0.2, 0.25) is 0 Å². The largest absolute Gasteiger partial charge is 0.381 e. The fourth-order valence-electron chi connectivity index (χ4n) is 4.34. The van der Waals surface area contributed by atoms with Gasteiger partial charge in [-0.25, -0.2) is 9.97 Å². The van der Waals surface area contributed by atoms with E-state index in [1.165, 1.54) is 6.33 Å². The lowest BCUT2D eigenvalue weighted by molar-refractivity contribution is -0.125. The molecule has 0 radical (unpaired) electrons. The number of anilines is 3. The molecule has 0 aliphatic carbocycles. The molecule has 1 spiro atoms. The molecule has 7 nitrogen and oxygen atoms in total. The number of benzene rings is 1. The minimum Gasteiger partial charge on any atom is -0.381 e. The normalized spacial score (nSPS) is 21.6. The van der Waals surface area contributed by atoms with Gasteiger partial charge >= 0.3 is 0 Å². The standard InChI is InChI=1S/C20H22N4O3/c25-19-20(5-9-26-10-6-20)17-13-21-14-22-18(17)24(19)16-3-1-15(2-4-16)23-7-11-27-12-8-23/h1-4,13-14H,5-12H2. The Morgan fingerprint density at radius 2 is 1.59 bits per heavy atom. The van der Waals surface area contributed by atoms with Crippen LogP contribution in [0.5, 0.6) is 0 Å². The Hall–Kier alpha value is -2.51. The van der Waals surface area contributed by atoms with Crippen LogP contribution < -0.4 is 9.80 Å². The summed E-state index contributed by atoms with van der Waals surface area (Å²) in [5.41, 5.74) is 2.37. The fourth-order valence-corrected chi connectivity index (χ4v) is 4.34. The molecule has 0 N–H and O–H groups in total. The number of rotatable bonds is 2. The lowest BCUT2D eigenvalue weighted by atomic mass is 9.76. The summed E-state index contributed by atoms with van der Waals surface area (Å²) in [6.45, 7) is 4.46. The first-order chi connectivity index (χ1) is 13.3. The molecular formula is C20H22N4O3. The molecule has 1 aromatic carbocycles. The number of carbonyl (C=O) groups is 1. The van der Waals surface area contributed by atoms with E-state index in [2.05, 4.69) is 27.0 Å². The Morgan fingerprint density at radius 3 is 2.33 bits per heavy atom. The van der Waals surface area contributed by atoms with Crippen LogP contribution in [-0.4, -0.2) is 55.4 Å². The highest BCUT2D eigenvalue weighted by molar-refractivity contribution is 6.12. The molecule has 7 heteroatoms. The van der Waals surface area contributed by atoms with Crippen molar-refractivity contribution in [2.45, 2.75) is 18.3 Å². The van der Waals surface area contributed by atoms with Gasteiger partial charge in [-0.05, 0) is 37.1 Å². The van der Waals surface area contributed by atoms with Gasteiger partial charge in [-0.2, -0.15) is 0 Å². The summed E-state index contributed by atoms with van der Waals surface area (Å²) in [5.74, 6) is 0.788. The zero-order chi connectivity index (χ0) is 18.3. The van der Waals surface area contributed by atoms with Gasteiger partial charge in [-0.15, -0.1) is 0 Å². The summed E-state index contributed by atoms with van der Waals surface area (Å²) in [4.78, 5) is 26.2. The van der Waals surface area contributed by atoms with Gasteiger partial charge in [-0.3, -0.25) is 9.69 Å². The van der Waals surface area contributed by atoms with Crippen molar-refractivity contribution in [3.05, 3.63) is 42.4 Å². The van der Waals surface area contributed by atoms with Gasteiger partial charge in [0.05, 0.1) is 24.3 Å². The van der Waals surface area contributed by atoms with Crippen molar-refractivity contribution in [1.82, 2.24) is 9.97 Å². The first-order valence-corrected chi connectivity index (χ1v) is 9.45. The Kier molecular flexibility index (Phi) is 4.06. The average molecular weight is 366 g/mol. The molecule has 27 heavy (non-hydrogen) atoms. The molecule has 4 heterocycles. The molecule has 140 valence electrons. The highest BCUT2D eigenvalue weighted by atomic mass is 16.5. The van der Waals surface area contributed by atoms with Crippen LogP contribution in [0, 0.1) is 0 Å². The summed E-state index contributed by atoms with van der Waals surface area (Å²) < 4.78 is 10.9. The van der Waals surface area contributed by atoms with Crippen LogP contribution in [0.1, 0.15) is 18.4 Å². The van der Waals surface area contributed by atoms with Crippen molar-refractivity contribution >= 4 is 23.1 Å². The molecule has 2 saturated heterocycles. The van der Waals surface area contributed by atoms with Crippen LogP contribution in [0.3, 0.4) is 0 Å². The summed E-state index contributed by atoms with van der Waals surface area (Å²) in [7, 11) is 0. The van der Waals surface area contributed by atoms with Crippen molar-refractivity contribution < 1.29 is 14.3 Å². The Bertz CT molecular complexity index is 843. The minimum atomic E-state index is -0.558. The van der Waals surface area contributed by atoms with E-state index in [4.69, 9.17) is 9.47 Å². The predicted molar refractivity (Wildman–Crippen MR) is 100 cm³/mol. The summed E-state index contributed by atoms with van der Waals surface area (Å²) >= 11 is 0. The molecule has 1 aromatic heterocycles. The highest BCUT2D eigenvalue weighted by Gasteiger charge is 2.53. The maximum absolute atomic E-state index is 13.5. The van der Waals surface area contributed by atoms with Gasteiger partial charge in [0, 0.05) is 43.8 Å². The number of hydrogen-bond acceptors (Lipinski definition) is 6. The molecule has 3 aliphatic rings. The number of fused-ring (bicyclic) bond motifs is 2. The topological polar surface area (TPSA) is 67.8 Å². The Balaban J connectivity index is 1.50. The smallest absolute Gasteiger partial charge is 0.243 e. The Morgan fingerprint density at radius 1 is 0.926 bits per heavy atom. The monoisotopic (exact) mass is 366 g/mol. The van der Waals surface area contributed by atoms with E-state index in [0.717, 1.165) is 43.2 Å². The van der Waals surface area contributed by atoms with Crippen molar-refractivity contribution in [2.24, 2.45) is 0 Å². The van der Waals surface area contributed by atoms with Crippen LogP contribution in [-0.2, 0) is 19.7 Å². The predicted octanol–water partition coefficient (Wildman–Crippen LogP) is 2.04. The van der Waals surface area contributed by atoms with Crippen LogP contribution in [0.15, 0.2) is 36.8 Å². The van der Waals surface area contributed by atoms with Crippen LogP contribution >= 0.6 is 0 Å². The molecule has 1 amide bonds. The third-order valence-corrected chi connectivity index (χ3v) is 5.86. The van der Waals surface area contributed by atoms with Gasteiger partial charge in [0.2, 0.25) is 5.91 Å². The van der Waals surface area contributed by atoms with Crippen molar-refractivity contribution in [3.8, 4) is 0 Å². The SMILES string of the molecule is O=C1N(c2ccc(N3CCOCC3)cc2)c2ncncc2C12CCOCC2. The van der Waals surface area contributed by atoms with Crippen molar-refractivity contribution in [1.29, 1.82) is 0 Å². The van der Waals surface area contributed by atoms with Crippen LogP contribution in [0.25, 0.3) is 0 Å². The number of aromatic nitrogens is 2. The zero-order valence-electron chi connectivity index (χ0n) is 15.1. The van der Waals surface area contributed by atoms with E-state index in [-0.39, 0.29) is 5.91 Å². The lowest BCUT2D eigenvalue weighted by Crippen LogP contribution is -2.42. The Labute approximate surface area is 157 Å². The van der Waals surface area contributed by atoms with Gasteiger partial charge in [-0.1, -0.05) is 0 Å². The molecule has 0 bridgehead atoms.